The van der Waals surface area contributed by atoms with Crippen molar-refractivity contribution in [2.45, 2.75) is 10.1 Å². The molecule has 23 heavy (non-hydrogen) atoms. The average Bonchev–Trinajstić information content (AvgIpc) is 2.55. The summed E-state index contributed by atoms with van der Waals surface area (Å²) in [6.07, 6.45) is 0. The number of hydrogen-bond acceptors (Lipinski definition) is 5. The van der Waals surface area contributed by atoms with E-state index in [1.54, 1.807) is 18.2 Å². The van der Waals surface area contributed by atoms with Gasteiger partial charge in [-0.3, -0.25) is 0 Å². The lowest BCUT2D eigenvalue weighted by Crippen LogP contribution is -2.22. The number of hydrogen-bond donors (Lipinski definition) is 1. The Morgan fingerprint density at radius 1 is 1.04 bits per heavy atom. The molecule has 0 unspecified atom stereocenters. The first-order valence-electron chi connectivity index (χ1n) is 6.85. The molecule has 0 aliphatic carbocycles. The molecule has 0 saturated heterocycles. The number of methoxy groups -OCH3 is 2. The van der Waals surface area contributed by atoms with Crippen molar-refractivity contribution >= 4 is 9.84 Å². The van der Waals surface area contributed by atoms with Crippen molar-refractivity contribution in [3.8, 4) is 11.5 Å². The molecule has 2 N–H and O–H groups in total. The molecule has 1 atom stereocenters. The van der Waals surface area contributed by atoms with E-state index < -0.39 is 20.9 Å². The van der Waals surface area contributed by atoms with Crippen LogP contribution in [0.2, 0.25) is 0 Å². The summed E-state index contributed by atoms with van der Waals surface area (Å²) in [7, 11) is -0.794. The first-order valence-corrected chi connectivity index (χ1v) is 8.40. The highest BCUT2D eigenvalue weighted by atomic mass is 32.2. The second kappa shape index (κ2) is 6.97. The minimum Gasteiger partial charge on any atom is -0.493 e. The molecule has 0 saturated carbocycles. The third kappa shape index (κ3) is 3.46. The highest BCUT2D eigenvalue weighted by Gasteiger charge is 2.28. The Morgan fingerprint density at radius 3 is 2.17 bits per heavy atom. The van der Waals surface area contributed by atoms with Crippen LogP contribution >= 0.6 is 0 Å². The van der Waals surface area contributed by atoms with Crippen LogP contribution in [0.3, 0.4) is 0 Å². The summed E-state index contributed by atoms with van der Waals surface area (Å²) >= 11 is 0. The van der Waals surface area contributed by atoms with Gasteiger partial charge in [0.1, 0.15) is 11.1 Å². The fraction of sp³-hybridized carbons (Fsp3) is 0.250. The summed E-state index contributed by atoms with van der Waals surface area (Å²) in [5.74, 6) is 0.406. The summed E-state index contributed by atoms with van der Waals surface area (Å²) in [4.78, 5) is 0.0177. The molecule has 0 aromatic heterocycles. The molecular weight excluding hydrogens is 321 g/mol. The lowest BCUT2D eigenvalue weighted by Gasteiger charge is -2.18. The SMILES string of the molecule is COc1ccc([C@H](CN)S(=O)(=O)c2ccc(F)cc2)cc1OC. The van der Waals surface area contributed by atoms with Gasteiger partial charge in [0, 0.05) is 6.54 Å². The molecule has 0 aliphatic heterocycles. The molecule has 124 valence electrons. The van der Waals surface area contributed by atoms with E-state index in [0.717, 1.165) is 12.1 Å². The van der Waals surface area contributed by atoms with Crippen molar-refractivity contribution in [3.63, 3.8) is 0 Å². The number of sulfone groups is 1. The Bertz CT molecular complexity index is 775. The highest BCUT2D eigenvalue weighted by molar-refractivity contribution is 7.91. The standard InChI is InChI=1S/C16H18FNO4S/c1-21-14-8-3-11(9-15(14)22-2)16(10-18)23(19,20)13-6-4-12(17)5-7-13/h3-9,16H,10,18H2,1-2H3/t16-/m0/s1. The number of benzene rings is 2. The minimum atomic E-state index is -3.75. The minimum absolute atomic E-state index is 0.0177. The van der Waals surface area contributed by atoms with Crippen LogP contribution in [0.5, 0.6) is 11.5 Å². The Labute approximate surface area is 134 Å². The van der Waals surface area contributed by atoms with E-state index in [0.29, 0.717) is 17.1 Å². The Morgan fingerprint density at radius 2 is 1.65 bits per heavy atom. The van der Waals surface area contributed by atoms with Crippen LogP contribution in [0.15, 0.2) is 47.4 Å². The van der Waals surface area contributed by atoms with E-state index in [9.17, 15) is 12.8 Å². The molecular formula is C16H18FNO4S. The third-order valence-corrected chi connectivity index (χ3v) is 5.65. The van der Waals surface area contributed by atoms with E-state index in [1.165, 1.54) is 26.4 Å². The summed E-state index contributed by atoms with van der Waals surface area (Å²) in [5, 5.41) is -0.965. The maximum absolute atomic E-state index is 13.0. The number of nitrogens with two attached hydrogens (primary N) is 1. The van der Waals surface area contributed by atoms with Gasteiger partial charge in [-0.15, -0.1) is 0 Å². The van der Waals surface area contributed by atoms with Crippen LogP contribution in [0, 0.1) is 5.82 Å². The Balaban J connectivity index is 2.48. The molecule has 2 aromatic rings. The second-order valence-corrected chi connectivity index (χ2v) is 6.97. The van der Waals surface area contributed by atoms with Gasteiger partial charge >= 0.3 is 0 Å². The topological polar surface area (TPSA) is 78.6 Å². The molecule has 0 amide bonds. The van der Waals surface area contributed by atoms with Crippen molar-refractivity contribution in [1.82, 2.24) is 0 Å². The zero-order chi connectivity index (χ0) is 17.0. The van der Waals surface area contributed by atoms with E-state index >= 15 is 0 Å². The smallest absolute Gasteiger partial charge is 0.186 e. The molecule has 7 heteroatoms. The number of ether oxygens (including phenoxy) is 2. The predicted molar refractivity (Wildman–Crippen MR) is 84.9 cm³/mol. The molecule has 5 nitrogen and oxygen atoms in total. The van der Waals surface area contributed by atoms with Crippen LogP contribution < -0.4 is 15.2 Å². The van der Waals surface area contributed by atoms with Crippen molar-refractivity contribution in [2.75, 3.05) is 20.8 Å². The first kappa shape index (κ1) is 17.2. The lowest BCUT2D eigenvalue weighted by molar-refractivity contribution is 0.354. The lowest BCUT2D eigenvalue weighted by atomic mass is 10.1. The molecule has 0 heterocycles. The van der Waals surface area contributed by atoms with Crippen molar-refractivity contribution in [3.05, 3.63) is 53.8 Å². The maximum Gasteiger partial charge on any atom is 0.186 e. The van der Waals surface area contributed by atoms with Crippen molar-refractivity contribution in [1.29, 1.82) is 0 Å². The van der Waals surface area contributed by atoms with Crippen LogP contribution in [-0.4, -0.2) is 29.2 Å². The van der Waals surface area contributed by atoms with Crippen LogP contribution in [0.25, 0.3) is 0 Å². The summed E-state index contributed by atoms with van der Waals surface area (Å²) in [6.45, 7) is -0.116. The normalized spacial score (nSPS) is 12.7. The third-order valence-electron chi connectivity index (χ3n) is 3.51. The van der Waals surface area contributed by atoms with E-state index in [2.05, 4.69) is 0 Å². The predicted octanol–water partition coefficient (Wildman–Crippen LogP) is 2.32. The van der Waals surface area contributed by atoms with Crippen molar-refractivity contribution in [2.24, 2.45) is 5.73 Å². The van der Waals surface area contributed by atoms with Gasteiger partial charge in [0.2, 0.25) is 0 Å². The zero-order valence-electron chi connectivity index (χ0n) is 12.8. The first-order chi connectivity index (χ1) is 10.9. The van der Waals surface area contributed by atoms with Gasteiger partial charge in [-0.2, -0.15) is 0 Å². The molecule has 0 radical (unpaired) electrons. The second-order valence-electron chi connectivity index (χ2n) is 4.84. The monoisotopic (exact) mass is 339 g/mol. The van der Waals surface area contributed by atoms with E-state index in [4.69, 9.17) is 15.2 Å². The van der Waals surface area contributed by atoms with E-state index in [-0.39, 0.29) is 11.4 Å². The van der Waals surface area contributed by atoms with Gasteiger partial charge in [-0.05, 0) is 42.0 Å². The average molecular weight is 339 g/mol. The van der Waals surface area contributed by atoms with Gasteiger partial charge in [-0.1, -0.05) is 6.07 Å². The van der Waals surface area contributed by atoms with Crippen LogP contribution in [0.1, 0.15) is 10.8 Å². The highest BCUT2D eigenvalue weighted by Crippen LogP contribution is 2.34. The molecule has 2 aromatic carbocycles. The van der Waals surface area contributed by atoms with Crippen LogP contribution in [-0.2, 0) is 9.84 Å². The fourth-order valence-electron chi connectivity index (χ4n) is 2.28. The van der Waals surface area contributed by atoms with Crippen LogP contribution in [0.4, 0.5) is 4.39 Å². The number of rotatable bonds is 6. The van der Waals surface area contributed by atoms with Gasteiger partial charge in [0.25, 0.3) is 0 Å². The molecule has 2 rings (SSSR count). The molecule has 0 fully saturated rings. The van der Waals surface area contributed by atoms with Gasteiger partial charge < -0.3 is 15.2 Å². The zero-order valence-corrected chi connectivity index (χ0v) is 13.6. The molecule has 0 spiro atoms. The fourth-order valence-corrected chi connectivity index (χ4v) is 3.89. The van der Waals surface area contributed by atoms with Gasteiger partial charge in [0.05, 0.1) is 19.1 Å². The number of halogens is 1. The van der Waals surface area contributed by atoms with Gasteiger partial charge in [0.15, 0.2) is 21.3 Å². The van der Waals surface area contributed by atoms with Crippen molar-refractivity contribution < 1.29 is 22.3 Å². The van der Waals surface area contributed by atoms with Gasteiger partial charge in [-0.25, -0.2) is 12.8 Å². The molecule has 0 bridgehead atoms. The summed E-state index contributed by atoms with van der Waals surface area (Å²) in [6, 6.07) is 9.50. The Kier molecular flexibility index (Phi) is 5.23. The molecule has 0 aliphatic rings. The largest absolute Gasteiger partial charge is 0.493 e. The maximum atomic E-state index is 13.0. The Hall–Kier alpha value is -2.12. The quantitative estimate of drug-likeness (QED) is 0.817. The van der Waals surface area contributed by atoms with E-state index in [1.807, 2.05) is 0 Å². The summed E-state index contributed by atoms with van der Waals surface area (Å²) in [5.41, 5.74) is 6.18. The summed E-state index contributed by atoms with van der Waals surface area (Å²) < 4.78 is 48.9.